The van der Waals surface area contributed by atoms with Crippen LogP contribution >= 0.6 is 15.6 Å². The van der Waals surface area contributed by atoms with Crippen LogP contribution < -0.4 is 0 Å². The molecular weight excluding hydrogens is 1450 g/mol. The Labute approximate surface area is 678 Å². The van der Waals surface area contributed by atoms with E-state index in [1.165, 1.54) is 0 Å². The van der Waals surface area contributed by atoms with Crippen LogP contribution in [0.15, 0.2) is 194 Å². The van der Waals surface area contributed by atoms with E-state index in [1.807, 2.05) is 0 Å². The summed E-state index contributed by atoms with van der Waals surface area (Å²) in [5, 5.41) is 10.7. The van der Waals surface area contributed by atoms with Crippen LogP contribution in [-0.2, 0) is 65.4 Å². The molecule has 634 valence electrons. The van der Waals surface area contributed by atoms with Gasteiger partial charge in [0.1, 0.15) is 19.3 Å². The van der Waals surface area contributed by atoms with Gasteiger partial charge in [0, 0.05) is 25.7 Å². The van der Waals surface area contributed by atoms with Gasteiger partial charge in [-0.05, 0) is 180 Å². The number of hydrogen-bond donors (Lipinski definition) is 3. The van der Waals surface area contributed by atoms with E-state index in [2.05, 4.69) is 222 Å². The first-order valence-electron chi connectivity index (χ1n) is 42.7. The van der Waals surface area contributed by atoms with Gasteiger partial charge in [0.05, 0.1) is 26.4 Å². The van der Waals surface area contributed by atoms with Crippen molar-refractivity contribution in [2.75, 3.05) is 39.6 Å². The third-order valence-electron chi connectivity index (χ3n) is 17.0. The third kappa shape index (κ3) is 81.9. The van der Waals surface area contributed by atoms with Crippen molar-refractivity contribution in [1.82, 2.24) is 0 Å². The van der Waals surface area contributed by atoms with Crippen LogP contribution in [0.2, 0.25) is 0 Å². The molecule has 0 bridgehead atoms. The number of rotatable bonds is 78. The summed E-state index contributed by atoms with van der Waals surface area (Å²) < 4.78 is 68.8. The predicted molar refractivity (Wildman–Crippen MR) is 463 cm³/mol. The lowest BCUT2D eigenvalue weighted by Gasteiger charge is -2.21. The fourth-order valence-electron chi connectivity index (χ4n) is 10.7. The van der Waals surface area contributed by atoms with Gasteiger partial charge in [0.2, 0.25) is 0 Å². The molecule has 0 spiro atoms. The molecule has 5 unspecified atom stereocenters. The highest BCUT2D eigenvalue weighted by Crippen LogP contribution is 2.45. The Morgan fingerprint density at radius 2 is 0.438 bits per heavy atom. The third-order valence-corrected chi connectivity index (χ3v) is 18.9. The van der Waals surface area contributed by atoms with Crippen LogP contribution in [-0.4, -0.2) is 96.7 Å². The molecule has 0 aliphatic carbocycles. The number of carbonyl (C=O) groups excluding carboxylic acids is 4. The molecule has 0 radical (unpaired) electrons. The van der Waals surface area contributed by atoms with E-state index in [-0.39, 0.29) is 25.7 Å². The summed E-state index contributed by atoms with van der Waals surface area (Å²) in [6, 6.07) is 0. The summed E-state index contributed by atoms with van der Waals surface area (Å²) >= 11 is 0. The molecule has 0 rings (SSSR count). The number of aliphatic hydroxyl groups is 1. The van der Waals surface area contributed by atoms with Crippen molar-refractivity contribution in [1.29, 1.82) is 0 Å². The van der Waals surface area contributed by atoms with Crippen molar-refractivity contribution in [3.05, 3.63) is 194 Å². The quantitative estimate of drug-likeness (QED) is 0.0169. The molecule has 5 atom stereocenters. The van der Waals surface area contributed by atoms with E-state index in [1.54, 1.807) is 0 Å². The van der Waals surface area contributed by atoms with E-state index in [0.29, 0.717) is 25.7 Å². The molecule has 0 fully saturated rings. The second-order valence-corrected chi connectivity index (χ2v) is 30.5. The fourth-order valence-corrected chi connectivity index (χ4v) is 12.3. The fraction of sp³-hybridized carbons (Fsp3) is 0.613. The minimum Gasteiger partial charge on any atom is -0.462 e. The van der Waals surface area contributed by atoms with Crippen molar-refractivity contribution >= 4 is 39.5 Å². The summed E-state index contributed by atoms with van der Waals surface area (Å²) in [4.78, 5) is 73.3. The van der Waals surface area contributed by atoms with E-state index < -0.39 is 97.5 Å². The molecule has 0 amide bonds. The minimum absolute atomic E-state index is 0.0602. The summed E-state index contributed by atoms with van der Waals surface area (Å²) in [7, 11) is -10.0. The molecule has 19 heteroatoms. The lowest BCUT2D eigenvalue weighted by Crippen LogP contribution is -2.30. The van der Waals surface area contributed by atoms with Gasteiger partial charge in [-0.1, -0.05) is 299 Å². The van der Waals surface area contributed by atoms with Crippen molar-refractivity contribution in [3.63, 3.8) is 0 Å². The van der Waals surface area contributed by atoms with E-state index in [4.69, 9.17) is 37.0 Å². The number of carbonyl (C=O) groups is 4. The molecule has 112 heavy (non-hydrogen) atoms. The van der Waals surface area contributed by atoms with Crippen molar-refractivity contribution < 1.29 is 80.2 Å². The van der Waals surface area contributed by atoms with Gasteiger partial charge in [0.25, 0.3) is 0 Å². The van der Waals surface area contributed by atoms with Gasteiger partial charge < -0.3 is 33.8 Å². The second kappa shape index (κ2) is 82.9. The average Bonchev–Trinajstić information content (AvgIpc) is 0.898. The Balaban J connectivity index is 5.47. The summed E-state index contributed by atoms with van der Waals surface area (Å²) in [5.74, 6) is -2.27. The SMILES string of the molecule is CC/C=C\C/C=C\C/C=C\C/C=C\C/C=C\CCCCCC(=O)OCC(COP(=O)(O)OCC(O)COP(=O)(O)OCC(COC(=O)CCCCCCCC/C=C\C/C=C\C/C=C\C/C=C\CC)OC(=O)CCCCCCCC/C=C\C/C=C\C/C=C\C/C=C\CC)OC(=O)CCCCCCC/C=C\C/C=C\C/C=C\CC. The van der Waals surface area contributed by atoms with Crippen molar-refractivity contribution in [2.24, 2.45) is 0 Å². The number of unbranched alkanes of at least 4 members (excludes halogenated alkanes) is 20. The molecule has 0 saturated heterocycles. The summed E-state index contributed by atoms with van der Waals surface area (Å²) in [5.41, 5.74) is 0. The minimum atomic E-state index is -5.01. The monoisotopic (exact) mass is 1600 g/mol. The Morgan fingerprint density at radius 1 is 0.250 bits per heavy atom. The summed E-state index contributed by atoms with van der Waals surface area (Å²) in [6.07, 6.45) is 102. The number of hydrogen-bond acceptors (Lipinski definition) is 15. The summed E-state index contributed by atoms with van der Waals surface area (Å²) in [6.45, 7) is 4.34. The molecule has 17 nitrogen and oxygen atoms in total. The number of ether oxygens (including phenoxy) is 4. The van der Waals surface area contributed by atoms with Gasteiger partial charge in [0.15, 0.2) is 12.2 Å². The standard InChI is InChI=1S/C93H150O17P2/c1-5-9-13-17-21-25-29-33-37-40-43-46-50-53-57-61-65-69-73-77-90(95)103-83-88(109-92(97)79-75-71-67-63-59-55-49-36-32-28-24-20-16-12-8-4)85-107-111(99,100)105-81-87(94)82-106-112(101,102)108-86-89(110-93(98)80-76-72-68-64-60-56-52-48-45-42-39-35-31-27-23-19-15-11-7-3)84-104-91(96)78-74-70-66-62-58-54-51-47-44-41-38-34-30-26-22-18-14-10-6-2/h9-16,21-28,33-39,43-49,53,57,87-89,94H,5-8,17-20,29-32,40-42,50-52,54-56,58-86H2,1-4H3,(H,99,100)(H,101,102)/b13-9-,14-10-,15-11-,16-12-,25-21-,26-22-,27-23-,28-24-,37-33-,38-34-,39-35-,46-43-,47-44-,48-45-,49-36-,57-53-. The maximum absolute atomic E-state index is 13.2. The largest absolute Gasteiger partial charge is 0.472 e. The topological polar surface area (TPSA) is 237 Å². The molecule has 0 heterocycles. The first-order valence-corrected chi connectivity index (χ1v) is 45.7. The van der Waals surface area contributed by atoms with Crippen LogP contribution in [0.5, 0.6) is 0 Å². The maximum Gasteiger partial charge on any atom is 0.472 e. The van der Waals surface area contributed by atoms with Crippen LogP contribution in [0.25, 0.3) is 0 Å². The molecule has 0 saturated carbocycles. The van der Waals surface area contributed by atoms with Crippen LogP contribution in [0, 0.1) is 0 Å². The number of esters is 4. The molecule has 0 aliphatic heterocycles. The van der Waals surface area contributed by atoms with Gasteiger partial charge in [-0.15, -0.1) is 0 Å². The molecule has 3 N–H and O–H groups in total. The molecular formula is C93H150O17P2. The Kier molecular flexibility index (Phi) is 78.4. The lowest BCUT2D eigenvalue weighted by atomic mass is 10.1. The molecule has 0 aromatic rings. The maximum atomic E-state index is 13.2. The van der Waals surface area contributed by atoms with E-state index in [9.17, 15) is 43.2 Å². The Hall–Kier alpha value is -6.10. The number of aliphatic hydroxyl groups excluding tert-OH is 1. The second-order valence-electron chi connectivity index (χ2n) is 27.6. The highest BCUT2D eigenvalue weighted by atomic mass is 31.2. The van der Waals surface area contributed by atoms with E-state index in [0.717, 1.165) is 231 Å². The van der Waals surface area contributed by atoms with E-state index >= 15 is 0 Å². The van der Waals surface area contributed by atoms with Gasteiger partial charge in [-0.25, -0.2) is 9.13 Å². The first kappa shape index (κ1) is 106. The van der Waals surface area contributed by atoms with Crippen molar-refractivity contribution in [3.8, 4) is 0 Å². The van der Waals surface area contributed by atoms with Crippen LogP contribution in [0.3, 0.4) is 0 Å². The van der Waals surface area contributed by atoms with Gasteiger partial charge in [-0.2, -0.15) is 0 Å². The van der Waals surface area contributed by atoms with Gasteiger partial charge >= 0.3 is 39.5 Å². The highest BCUT2D eigenvalue weighted by molar-refractivity contribution is 7.47. The zero-order valence-electron chi connectivity index (χ0n) is 69.5. The molecule has 0 aliphatic rings. The van der Waals surface area contributed by atoms with Gasteiger partial charge in [-0.3, -0.25) is 37.3 Å². The smallest absolute Gasteiger partial charge is 0.462 e. The average molecular weight is 1600 g/mol. The first-order chi connectivity index (χ1) is 54.7. The number of allylic oxidation sites excluding steroid dienone is 32. The molecule has 0 aromatic carbocycles. The molecule has 0 aromatic heterocycles. The Morgan fingerprint density at radius 3 is 0.679 bits per heavy atom. The number of phosphoric acid groups is 2. The number of phosphoric ester groups is 2. The Bertz CT molecular complexity index is 2890. The van der Waals surface area contributed by atoms with Crippen LogP contribution in [0.1, 0.15) is 310 Å². The van der Waals surface area contributed by atoms with Crippen LogP contribution in [0.4, 0.5) is 0 Å². The normalized spacial score (nSPS) is 14.7. The zero-order chi connectivity index (χ0) is 81.7. The zero-order valence-corrected chi connectivity index (χ0v) is 71.3. The van der Waals surface area contributed by atoms with Crippen molar-refractivity contribution in [2.45, 2.75) is 329 Å². The predicted octanol–water partition coefficient (Wildman–Crippen LogP) is 25.7. The lowest BCUT2D eigenvalue weighted by molar-refractivity contribution is -0.161. The highest BCUT2D eigenvalue weighted by Gasteiger charge is 2.30.